The third kappa shape index (κ3) is 5.01. The number of hydrogen-bond donors (Lipinski definition) is 2. The van der Waals surface area contributed by atoms with Gasteiger partial charge in [0.2, 0.25) is 15.9 Å². The maximum Gasteiger partial charge on any atom is 0.244 e. The fourth-order valence-electron chi connectivity index (χ4n) is 2.13. The first-order valence-corrected chi connectivity index (χ1v) is 9.13. The van der Waals surface area contributed by atoms with Gasteiger partial charge in [-0.15, -0.1) is 0 Å². The monoisotopic (exact) mass is 363 g/mol. The van der Waals surface area contributed by atoms with Gasteiger partial charge < -0.3 is 10.1 Å². The molecule has 0 saturated carbocycles. The van der Waals surface area contributed by atoms with Crippen molar-refractivity contribution in [3.8, 4) is 5.75 Å². The Labute approximate surface area is 147 Å². The van der Waals surface area contributed by atoms with Crippen LogP contribution in [-0.2, 0) is 21.4 Å². The molecule has 2 aromatic rings. The van der Waals surface area contributed by atoms with Gasteiger partial charge in [-0.05, 0) is 49.2 Å². The van der Waals surface area contributed by atoms with E-state index in [1.165, 1.54) is 13.2 Å². The molecule has 1 amide bonds. The minimum Gasteiger partial charge on any atom is -0.495 e. The zero-order chi connectivity index (χ0) is 18.4. The third-order valence-electron chi connectivity index (χ3n) is 3.69. The number of ether oxygens (including phenoxy) is 1. The van der Waals surface area contributed by atoms with E-state index in [1.807, 2.05) is 19.9 Å². The largest absolute Gasteiger partial charge is 0.495 e. The van der Waals surface area contributed by atoms with Crippen molar-refractivity contribution in [1.82, 2.24) is 15.0 Å². The van der Waals surface area contributed by atoms with Crippen LogP contribution in [0.4, 0.5) is 0 Å². The Morgan fingerprint density at radius 1 is 1.20 bits per heavy atom. The number of methoxy groups -OCH3 is 1. The summed E-state index contributed by atoms with van der Waals surface area (Å²) in [5.41, 5.74) is 2.43. The van der Waals surface area contributed by atoms with Gasteiger partial charge in [0.25, 0.3) is 0 Å². The summed E-state index contributed by atoms with van der Waals surface area (Å²) in [5, 5.41) is 2.61. The number of pyridine rings is 1. The zero-order valence-corrected chi connectivity index (χ0v) is 15.2. The number of sulfonamides is 1. The maximum atomic E-state index is 12.5. The molecule has 0 saturated heterocycles. The van der Waals surface area contributed by atoms with E-state index in [2.05, 4.69) is 15.0 Å². The lowest BCUT2D eigenvalue weighted by Crippen LogP contribution is -2.36. The number of aromatic nitrogens is 1. The van der Waals surface area contributed by atoms with E-state index in [9.17, 15) is 13.2 Å². The Morgan fingerprint density at radius 3 is 2.56 bits per heavy atom. The summed E-state index contributed by atoms with van der Waals surface area (Å²) in [5.74, 6) is -0.207. The molecule has 0 aliphatic rings. The van der Waals surface area contributed by atoms with Crippen molar-refractivity contribution in [2.24, 2.45) is 0 Å². The van der Waals surface area contributed by atoms with E-state index in [4.69, 9.17) is 4.74 Å². The minimum atomic E-state index is -3.87. The molecule has 1 aromatic carbocycles. The van der Waals surface area contributed by atoms with Crippen LogP contribution >= 0.6 is 0 Å². The SMILES string of the molecule is COc1cc(C)c(C)cc1S(=O)(=O)NCC(=O)NCc1ccccn1. The molecule has 1 aromatic heterocycles. The highest BCUT2D eigenvalue weighted by molar-refractivity contribution is 7.89. The van der Waals surface area contributed by atoms with Crippen molar-refractivity contribution in [3.63, 3.8) is 0 Å². The average molecular weight is 363 g/mol. The van der Waals surface area contributed by atoms with Crippen molar-refractivity contribution in [2.45, 2.75) is 25.3 Å². The van der Waals surface area contributed by atoms with Gasteiger partial charge in [0.05, 0.1) is 25.9 Å². The summed E-state index contributed by atoms with van der Waals surface area (Å²) in [6.45, 7) is 3.54. The number of nitrogens with zero attached hydrogens (tertiary/aromatic N) is 1. The van der Waals surface area contributed by atoms with Crippen molar-refractivity contribution < 1.29 is 17.9 Å². The highest BCUT2D eigenvalue weighted by Gasteiger charge is 2.21. The standard InChI is InChI=1S/C17H21N3O4S/c1-12-8-15(24-3)16(9-13(12)2)25(22,23)20-11-17(21)19-10-14-6-4-5-7-18-14/h4-9,20H,10-11H2,1-3H3,(H,19,21). The van der Waals surface area contributed by atoms with Crippen LogP contribution < -0.4 is 14.8 Å². The summed E-state index contributed by atoms with van der Waals surface area (Å²) >= 11 is 0. The second kappa shape index (κ2) is 8.09. The van der Waals surface area contributed by atoms with Crippen LogP contribution in [-0.4, -0.2) is 33.0 Å². The zero-order valence-electron chi connectivity index (χ0n) is 14.4. The lowest BCUT2D eigenvalue weighted by molar-refractivity contribution is -0.120. The lowest BCUT2D eigenvalue weighted by Gasteiger charge is -2.13. The highest BCUT2D eigenvalue weighted by Crippen LogP contribution is 2.26. The molecule has 0 bridgehead atoms. The number of carbonyl (C=O) groups is 1. The van der Waals surface area contributed by atoms with Crippen LogP contribution in [0.1, 0.15) is 16.8 Å². The first-order valence-electron chi connectivity index (χ1n) is 7.65. The van der Waals surface area contributed by atoms with E-state index in [1.54, 1.807) is 24.4 Å². The van der Waals surface area contributed by atoms with Crippen LogP contribution in [0.25, 0.3) is 0 Å². The van der Waals surface area contributed by atoms with Crippen LogP contribution in [0, 0.1) is 13.8 Å². The van der Waals surface area contributed by atoms with Crippen LogP contribution in [0.3, 0.4) is 0 Å². The predicted molar refractivity (Wildman–Crippen MR) is 93.7 cm³/mol. The van der Waals surface area contributed by atoms with Crippen molar-refractivity contribution in [1.29, 1.82) is 0 Å². The molecule has 0 spiro atoms. The normalized spacial score (nSPS) is 11.2. The summed E-state index contributed by atoms with van der Waals surface area (Å²) in [6, 6.07) is 8.54. The van der Waals surface area contributed by atoms with Gasteiger partial charge in [-0.1, -0.05) is 6.07 Å². The fraction of sp³-hybridized carbons (Fsp3) is 0.294. The van der Waals surface area contributed by atoms with E-state index < -0.39 is 15.9 Å². The van der Waals surface area contributed by atoms with Gasteiger partial charge in [-0.25, -0.2) is 13.1 Å². The summed E-state index contributed by atoms with van der Waals surface area (Å²) in [7, 11) is -2.47. The Bertz CT molecular complexity index is 852. The number of carbonyl (C=O) groups excluding carboxylic acids is 1. The number of aryl methyl sites for hydroxylation is 2. The van der Waals surface area contributed by atoms with Crippen LogP contribution in [0.2, 0.25) is 0 Å². The molecular formula is C17H21N3O4S. The van der Waals surface area contributed by atoms with Gasteiger partial charge in [0, 0.05) is 6.20 Å². The summed E-state index contributed by atoms with van der Waals surface area (Å²) in [6.07, 6.45) is 1.62. The Balaban J connectivity index is 2.02. The molecule has 0 unspecified atom stereocenters. The Kier molecular flexibility index (Phi) is 6.11. The third-order valence-corrected chi connectivity index (χ3v) is 5.11. The number of amides is 1. The quantitative estimate of drug-likeness (QED) is 0.773. The van der Waals surface area contributed by atoms with Crippen molar-refractivity contribution in [3.05, 3.63) is 53.3 Å². The van der Waals surface area contributed by atoms with E-state index in [0.717, 1.165) is 11.1 Å². The molecule has 8 heteroatoms. The Hall–Kier alpha value is -2.45. The van der Waals surface area contributed by atoms with Crippen LogP contribution in [0.15, 0.2) is 41.4 Å². The van der Waals surface area contributed by atoms with E-state index >= 15 is 0 Å². The number of hydrogen-bond acceptors (Lipinski definition) is 5. The van der Waals surface area contributed by atoms with Gasteiger partial charge in [0.1, 0.15) is 10.6 Å². The maximum absolute atomic E-state index is 12.5. The molecule has 25 heavy (non-hydrogen) atoms. The second-order valence-corrected chi connectivity index (χ2v) is 7.25. The van der Waals surface area contributed by atoms with Gasteiger partial charge in [-0.3, -0.25) is 9.78 Å². The molecule has 7 nitrogen and oxygen atoms in total. The molecule has 0 fully saturated rings. The molecule has 0 atom stereocenters. The van der Waals surface area contributed by atoms with Gasteiger partial charge in [-0.2, -0.15) is 0 Å². The van der Waals surface area contributed by atoms with Gasteiger partial charge >= 0.3 is 0 Å². The highest BCUT2D eigenvalue weighted by atomic mass is 32.2. The topological polar surface area (TPSA) is 97.4 Å². The van der Waals surface area contributed by atoms with E-state index in [0.29, 0.717) is 5.69 Å². The predicted octanol–water partition coefficient (Wildman–Crippen LogP) is 1.30. The lowest BCUT2D eigenvalue weighted by atomic mass is 10.1. The van der Waals surface area contributed by atoms with Crippen molar-refractivity contribution in [2.75, 3.05) is 13.7 Å². The minimum absolute atomic E-state index is 0.00984. The van der Waals surface area contributed by atoms with Gasteiger partial charge in [0.15, 0.2) is 0 Å². The molecule has 2 N–H and O–H groups in total. The van der Waals surface area contributed by atoms with Crippen LogP contribution in [0.5, 0.6) is 5.75 Å². The molecule has 2 rings (SSSR count). The molecule has 0 aliphatic heterocycles. The molecule has 0 aliphatic carbocycles. The molecular weight excluding hydrogens is 342 g/mol. The molecule has 134 valence electrons. The van der Waals surface area contributed by atoms with E-state index in [-0.39, 0.29) is 23.7 Å². The number of benzene rings is 1. The first kappa shape index (κ1) is 18.9. The summed E-state index contributed by atoms with van der Waals surface area (Å²) in [4.78, 5) is 16.0. The van der Waals surface area contributed by atoms with Crippen molar-refractivity contribution >= 4 is 15.9 Å². The fourth-order valence-corrected chi connectivity index (χ4v) is 3.34. The summed E-state index contributed by atoms with van der Waals surface area (Å²) < 4.78 is 32.4. The number of rotatable bonds is 7. The number of nitrogens with one attached hydrogen (secondary N) is 2. The Morgan fingerprint density at radius 2 is 1.92 bits per heavy atom. The first-order chi connectivity index (χ1) is 11.8. The average Bonchev–Trinajstić information content (AvgIpc) is 2.61. The molecule has 0 radical (unpaired) electrons. The molecule has 1 heterocycles. The smallest absolute Gasteiger partial charge is 0.244 e. The second-order valence-electron chi connectivity index (χ2n) is 5.51.